The normalized spacial score (nSPS) is 11.2. The molecule has 5 nitrogen and oxygen atoms in total. The number of carbonyl (C=O) groups excluding carboxylic acids is 1. The molecule has 20 heavy (non-hydrogen) atoms. The summed E-state index contributed by atoms with van der Waals surface area (Å²) in [5, 5.41) is 6.87. The van der Waals surface area contributed by atoms with E-state index in [0.717, 1.165) is 17.0 Å². The largest absolute Gasteiger partial charge is 0.497 e. The van der Waals surface area contributed by atoms with E-state index in [1.165, 1.54) is 6.92 Å². The van der Waals surface area contributed by atoms with Gasteiger partial charge in [0.05, 0.1) is 12.6 Å². The molecule has 1 N–H and O–H groups in total. The molecule has 1 aromatic heterocycles. The number of hydrogen-bond donors (Lipinski definition) is 1. The molecular weight excluding hydrogens is 256 g/mol. The summed E-state index contributed by atoms with van der Waals surface area (Å²) in [6, 6.07) is 9.38. The number of ether oxygens (including phenoxy) is 1. The summed E-state index contributed by atoms with van der Waals surface area (Å²) >= 11 is 0. The predicted octanol–water partition coefficient (Wildman–Crippen LogP) is 2.72. The second-order valence-electron chi connectivity index (χ2n) is 5.11. The molecule has 0 radical (unpaired) electrons. The molecule has 5 heteroatoms. The minimum absolute atomic E-state index is 0.114. The first-order chi connectivity index (χ1) is 9.42. The van der Waals surface area contributed by atoms with Gasteiger partial charge < -0.3 is 14.6 Å². The van der Waals surface area contributed by atoms with Crippen LogP contribution in [-0.4, -0.2) is 18.2 Å². The highest BCUT2D eigenvalue weighted by Gasteiger charge is 2.26. The first-order valence-corrected chi connectivity index (χ1v) is 6.33. The Hall–Kier alpha value is -2.30. The highest BCUT2D eigenvalue weighted by atomic mass is 16.5. The van der Waals surface area contributed by atoms with Crippen molar-refractivity contribution in [2.45, 2.75) is 26.3 Å². The Morgan fingerprint density at radius 1 is 1.30 bits per heavy atom. The highest BCUT2D eigenvalue weighted by Crippen LogP contribution is 2.27. The van der Waals surface area contributed by atoms with Gasteiger partial charge in [-0.15, -0.1) is 0 Å². The van der Waals surface area contributed by atoms with Gasteiger partial charge in [0.25, 0.3) is 0 Å². The summed E-state index contributed by atoms with van der Waals surface area (Å²) in [7, 11) is 1.62. The number of aromatic nitrogens is 1. The Kier molecular flexibility index (Phi) is 3.79. The van der Waals surface area contributed by atoms with Crippen molar-refractivity contribution in [3.05, 3.63) is 36.1 Å². The predicted molar refractivity (Wildman–Crippen MR) is 75.3 cm³/mol. The summed E-state index contributed by atoms with van der Waals surface area (Å²) in [4.78, 5) is 11.2. The Morgan fingerprint density at radius 3 is 2.50 bits per heavy atom. The standard InChI is InChI=1S/C15H18N2O3/c1-10(18)16-15(2,3)14-9-13(17-20-14)11-5-7-12(19-4)8-6-11/h5-9H,1-4H3,(H,16,18). The van der Waals surface area contributed by atoms with Crippen LogP contribution < -0.4 is 10.1 Å². The van der Waals surface area contributed by atoms with E-state index < -0.39 is 5.54 Å². The van der Waals surface area contributed by atoms with Gasteiger partial charge in [0.15, 0.2) is 5.76 Å². The quantitative estimate of drug-likeness (QED) is 0.931. The van der Waals surface area contributed by atoms with E-state index in [0.29, 0.717) is 5.76 Å². The molecule has 2 aromatic rings. The lowest BCUT2D eigenvalue weighted by Crippen LogP contribution is -2.39. The van der Waals surface area contributed by atoms with Gasteiger partial charge in [-0.3, -0.25) is 4.79 Å². The van der Waals surface area contributed by atoms with Crippen molar-refractivity contribution in [2.75, 3.05) is 7.11 Å². The van der Waals surface area contributed by atoms with Crippen LogP contribution in [0.5, 0.6) is 5.75 Å². The molecule has 0 aliphatic rings. The number of benzene rings is 1. The molecule has 0 unspecified atom stereocenters. The summed E-state index contributed by atoms with van der Waals surface area (Å²) in [6.45, 7) is 5.21. The van der Waals surface area contributed by atoms with Crippen LogP contribution in [0.25, 0.3) is 11.3 Å². The monoisotopic (exact) mass is 274 g/mol. The lowest BCUT2D eigenvalue weighted by Gasteiger charge is -2.21. The lowest BCUT2D eigenvalue weighted by molar-refractivity contribution is -0.120. The molecule has 0 atom stereocenters. The first kappa shape index (κ1) is 14.1. The average Bonchev–Trinajstić information content (AvgIpc) is 2.88. The Labute approximate surface area is 117 Å². The smallest absolute Gasteiger partial charge is 0.217 e. The molecule has 0 bridgehead atoms. The number of hydrogen-bond acceptors (Lipinski definition) is 4. The van der Waals surface area contributed by atoms with E-state index in [9.17, 15) is 4.79 Å². The molecule has 0 fully saturated rings. The maximum absolute atomic E-state index is 11.2. The van der Waals surface area contributed by atoms with Crippen LogP contribution in [0.4, 0.5) is 0 Å². The molecule has 0 saturated heterocycles. The maximum Gasteiger partial charge on any atom is 0.217 e. The van der Waals surface area contributed by atoms with Crippen LogP contribution in [0, 0.1) is 0 Å². The van der Waals surface area contributed by atoms with Gasteiger partial charge in [-0.25, -0.2) is 0 Å². The minimum Gasteiger partial charge on any atom is -0.497 e. The fourth-order valence-electron chi connectivity index (χ4n) is 1.97. The highest BCUT2D eigenvalue weighted by molar-refractivity contribution is 5.74. The van der Waals surface area contributed by atoms with Crippen LogP contribution in [0.1, 0.15) is 26.5 Å². The van der Waals surface area contributed by atoms with Crippen molar-refractivity contribution in [3.63, 3.8) is 0 Å². The third-order valence-corrected chi connectivity index (χ3v) is 3.00. The van der Waals surface area contributed by atoms with Gasteiger partial charge in [0.2, 0.25) is 5.91 Å². The van der Waals surface area contributed by atoms with Crippen molar-refractivity contribution >= 4 is 5.91 Å². The summed E-state index contributed by atoms with van der Waals surface area (Å²) in [5.74, 6) is 1.28. The number of amides is 1. The van der Waals surface area contributed by atoms with E-state index in [4.69, 9.17) is 9.26 Å². The van der Waals surface area contributed by atoms with Gasteiger partial charge in [-0.2, -0.15) is 0 Å². The molecule has 1 aromatic carbocycles. The zero-order valence-corrected chi connectivity index (χ0v) is 12.1. The number of rotatable bonds is 4. The van der Waals surface area contributed by atoms with Crippen molar-refractivity contribution in [1.82, 2.24) is 10.5 Å². The van der Waals surface area contributed by atoms with Gasteiger partial charge >= 0.3 is 0 Å². The molecular formula is C15H18N2O3. The van der Waals surface area contributed by atoms with Crippen LogP contribution in [0.3, 0.4) is 0 Å². The Morgan fingerprint density at radius 2 is 1.95 bits per heavy atom. The molecule has 0 aliphatic carbocycles. The SMILES string of the molecule is COc1ccc(-c2cc(C(C)(C)NC(C)=O)on2)cc1. The summed E-state index contributed by atoms with van der Waals surface area (Å²) < 4.78 is 10.5. The molecule has 0 aliphatic heterocycles. The Bertz CT molecular complexity index is 600. The average molecular weight is 274 g/mol. The van der Waals surface area contributed by atoms with Crippen molar-refractivity contribution in [2.24, 2.45) is 0 Å². The van der Waals surface area contributed by atoms with Crippen LogP contribution in [0.2, 0.25) is 0 Å². The van der Waals surface area contributed by atoms with E-state index in [2.05, 4.69) is 10.5 Å². The van der Waals surface area contributed by atoms with Crippen molar-refractivity contribution in [1.29, 1.82) is 0 Å². The van der Waals surface area contributed by atoms with Crippen molar-refractivity contribution < 1.29 is 14.1 Å². The van der Waals surface area contributed by atoms with Crippen LogP contribution in [0.15, 0.2) is 34.9 Å². The number of nitrogens with zero attached hydrogens (tertiary/aromatic N) is 1. The van der Waals surface area contributed by atoms with E-state index in [1.54, 1.807) is 7.11 Å². The third-order valence-electron chi connectivity index (χ3n) is 3.00. The topological polar surface area (TPSA) is 64.4 Å². The lowest BCUT2D eigenvalue weighted by atomic mass is 10.0. The number of carbonyl (C=O) groups is 1. The van der Waals surface area contributed by atoms with Gasteiger partial charge in [-0.05, 0) is 38.1 Å². The molecule has 0 spiro atoms. The van der Waals surface area contributed by atoms with E-state index in [1.807, 2.05) is 44.2 Å². The summed E-state index contributed by atoms with van der Waals surface area (Å²) in [6.07, 6.45) is 0. The number of nitrogens with one attached hydrogen (secondary N) is 1. The Balaban J connectivity index is 2.25. The van der Waals surface area contributed by atoms with E-state index >= 15 is 0 Å². The molecule has 1 heterocycles. The summed E-state index contributed by atoms with van der Waals surface area (Å²) in [5.41, 5.74) is 1.06. The second kappa shape index (κ2) is 5.36. The van der Waals surface area contributed by atoms with E-state index in [-0.39, 0.29) is 5.91 Å². The zero-order chi connectivity index (χ0) is 14.8. The molecule has 1 amide bonds. The second-order valence-corrected chi connectivity index (χ2v) is 5.11. The van der Waals surface area contributed by atoms with Gasteiger partial charge in [-0.1, -0.05) is 5.16 Å². The fraction of sp³-hybridized carbons (Fsp3) is 0.333. The molecule has 106 valence electrons. The molecule has 0 saturated carbocycles. The minimum atomic E-state index is -0.594. The zero-order valence-electron chi connectivity index (χ0n) is 12.1. The van der Waals surface area contributed by atoms with Crippen LogP contribution >= 0.6 is 0 Å². The fourth-order valence-corrected chi connectivity index (χ4v) is 1.97. The maximum atomic E-state index is 11.2. The van der Waals surface area contributed by atoms with Gasteiger partial charge in [0, 0.05) is 18.6 Å². The third kappa shape index (κ3) is 2.99. The van der Waals surface area contributed by atoms with Gasteiger partial charge in [0.1, 0.15) is 11.4 Å². The number of methoxy groups -OCH3 is 1. The first-order valence-electron chi connectivity index (χ1n) is 6.33. The van der Waals surface area contributed by atoms with Crippen LogP contribution in [-0.2, 0) is 10.3 Å². The molecule has 2 rings (SSSR count). The van der Waals surface area contributed by atoms with Crippen molar-refractivity contribution in [3.8, 4) is 17.0 Å².